The summed E-state index contributed by atoms with van der Waals surface area (Å²) in [5.41, 5.74) is 6.82. The Labute approximate surface area is 136 Å². The summed E-state index contributed by atoms with van der Waals surface area (Å²) in [5.74, 6) is 1.86. The Kier molecular flexibility index (Phi) is 4.66. The van der Waals surface area contributed by atoms with Crippen LogP contribution in [-0.2, 0) is 4.79 Å². The Morgan fingerprint density at radius 1 is 1.22 bits per heavy atom. The van der Waals surface area contributed by atoms with Crippen molar-refractivity contribution in [3.05, 3.63) is 29.8 Å². The van der Waals surface area contributed by atoms with Crippen LogP contribution in [0, 0.1) is 11.8 Å². The first-order valence-corrected chi connectivity index (χ1v) is 8.38. The second-order valence-corrected chi connectivity index (χ2v) is 6.55. The number of carbonyl (C=O) groups excluding carboxylic acids is 2. The van der Waals surface area contributed by atoms with Crippen LogP contribution in [0.2, 0.25) is 0 Å². The fourth-order valence-electron chi connectivity index (χ4n) is 3.26. The topological polar surface area (TPSA) is 72.6 Å². The van der Waals surface area contributed by atoms with Gasteiger partial charge in [0.15, 0.2) is 12.4 Å². The van der Waals surface area contributed by atoms with Gasteiger partial charge >= 0.3 is 0 Å². The number of Topliss-reactive ketones (excluding diaryl/α,β-unsaturated/α-hetero) is 1. The van der Waals surface area contributed by atoms with Crippen molar-refractivity contribution in [1.29, 1.82) is 0 Å². The van der Waals surface area contributed by atoms with Crippen LogP contribution >= 0.6 is 0 Å². The molecule has 1 aromatic rings. The first-order chi connectivity index (χ1) is 11.1. The van der Waals surface area contributed by atoms with Crippen molar-refractivity contribution in [3.8, 4) is 5.75 Å². The summed E-state index contributed by atoms with van der Waals surface area (Å²) < 4.78 is 5.55. The van der Waals surface area contributed by atoms with Gasteiger partial charge < -0.3 is 15.4 Å². The molecule has 0 unspecified atom stereocenters. The van der Waals surface area contributed by atoms with E-state index in [4.69, 9.17) is 10.5 Å². The van der Waals surface area contributed by atoms with Crippen molar-refractivity contribution < 1.29 is 14.3 Å². The highest BCUT2D eigenvalue weighted by atomic mass is 16.5. The predicted octanol–water partition coefficient (Wildman–Crippen LogP) is 1.85. The number of benzene rings is 1. The van der Waals surface area contributed by atoms with Crippen LogP contribution in [0.25, 0.3) is 0 Å². The van der Waals surface area contributed by atoms with Crippen molar-refractivity contribution in [2.45, 2.75) is 32.2 Å². The van der Waals surface area contributed by atoms with Crippen LogP contribution in [0.15, 0.2) is 24.3 Å². The van der Waals surface area contributed by atoms with Gasteiger partial charge in [0.1, 0.15) is 5.75 Å². The minimum Gasteiger partial charge on any atom is -0.484 e. The summed E-state index contributed by atoms with van der Waals surface area (Å²) in [6.45, 7) is 3.25. The average molecular weight is 316 g/mol. The smallest absolute Gasteiger partial charge is 0.260 e. The highest BCUT2D eigenvalue weighted by molar-refractivity contribution is 5.95. The number of carbonyl (C=O) groups is 2. The van der Waals surface area contributed by atoms with E-state index in [1.54, 1.807) is 24.3 Å². The molecule has 1 amide bonds. The van der Waals surface area contributed by atoms with Gasteiger partial charge in [0.2, 0.25) is 0 Å². The van der Waals surface area contributed by atoms with Crippen LogP contribution in [-0.4, -0.2) is 42.3 Å². The number of hydrogen-bond donors (Lipinski definition) is 1. The lowest BCUT2D eigenvalue weighted by atomic mass is 9.99. The molecule has 1 heterocycles. The molecule has 1 aliphatic heterocycles. The largest absolute Gasteiger partial charge is 0.484 e. The molecule has 23 heavy (non-hydrogen) atoms. The normalized spacial score (nSPS) is 23.8. The van der Waals surface area contributed by atoms with E-state index in [2.05, 4.69) is 0 Å². The monoisotopic (exact) mass is 316 g/mol. The fraction of sp³-hybridized carbons (Fsp3) is 0.556. The van der Waals surface area contributed by atoms with Gasteiger partial charge in [-0.15, -0.1) is 0 Å². The minimum atomic E-state index is -0.0164. The molecule has 1 saturated carbocycles. The number of nitrogens with zero attached hydrogens (tertiary/aromatic N) is 1. The zero-order valence-corrected chi connectivity index (χ0v) is 13.5. The molecule has 124 valence electrons. The van der Waals surface area contributed by atoms with Crippen LogP contribution in [0.1, 0.15) is 36.5 Å². The number of hydrogen-bond acceptors (Lipinski definition) is 4. The molecule has 1 aliphatic carbocycles. The number of nitrogens with two attached hydrogens (primary N) is 1. The summed E-state index contributed by atoms with van der Waals surface area (Å²) in [4.78, 5) is 25.7. The summed E-state index contributed by atoms with van der Waals surface area (Å²) in [5, 5.41) is 0. The van der Waals surface area contributed by atoms with E-state index in [0.717, 1.165) is 6.54 Å². The Morgan fingerprint density at radius 3 is 2.52 bits per heavy atom. The molecule has 0 spiro atoms. The second-order valence-electron chi connectivity index (χ2n) is 6.55. The maximum Gasteiger partial charge on any atom is 0.260 e. The molecule has 2 fully saturated rings. The molecule has 1 saturated heterocycles. The summed E-state index contributed by atoms with van der Waals surface area (Å²) in [6.07, 6.45) is 2.98. The van der Waals surface area contributed by atoms with Gasteiger partial charge in [-0.3, -0.25) is 9.59 Å². The fourth-order valence-corrected chi connectivity index (χ4v) is 3.26. The lowest BCUT2D eigenvalue weighted by molar-refractivity contribution is -0.132. The van der Waals surface area contributed by atoms with E-state index < -0.39 is 0 Å². The molecule has 2 N–H and O–H groups in total. The van der Waals surface area contributed by atoms with E-state index in [0.29, 0.717) is 36.1 Å². The molecule has 5 heteroatoms. The highest BCUT2D eigenvalue weighted by Crippen LogP contribution is 2.40. The second kappa shape index (κ2) is 6.71. The van der Waals surface area contributed by atoms with Gasteiger partial charge in [0.05, 0.1) is 0 Å². The third kappa shape index (κ3) is 3.72. The zero-order valence-electron chi connectivity index (χ0n) is 13.5. The van der Waals surface area contributed by atoms with E-state index in [1.165, 1.54) is 12.8 Å². The first kappa shape index (κ1) is 16.0. The summed E-state index contributed by atoms with van der Waals surface area (Å²) in [7, 11) is 0. The number of ether oxygens (including phenoxy) is 1. The highest BCUT2D eigenvalue weighted by Gasteiger charge is 2.42. The molecule has 1 aromatic carbocycles. The van der Waals surface area contributed by atoms with Crippen molar-refractivity contribution in [2.24, 2.45) is 17.6 Å². The van der Waals surface area contributed by atoms with Crippen LogP contribution in [0.4, 0.5) is 0 Å². The first-order valence-electron chi connectivity index (χ1n) is 8.38. The van der Waals surface area contributed by atoms with Crippen LogP contribution in [0.5, 0.6) is 5.75 Å². The van der Waals surface area contributed by atoms with Gasteiger partial charge in [-0.25, -0.2) is 0 Å². The van der Waals surface area contributed by atoms with Crippen LogP contribution in [0.3, 0.4) is 0 Å². The molecule has 5 nitrogen and oxygen atoms in total. The minimum absolute atomic E-state index is 0.0164. The maximum atomic E-state index is 12.3. The molecular formula is C18H24N2O3. The molecule has 0 radical (unpaired) electrons. The molecule has 2 aliphatic rings. The number of ketones is 1. The lowest BCUT2D eigenvalue weighted by Crippen LogP contribution is -2.35. The Balaban J connectivity index is 1.50. The Morgan fingerprint density at radius 2 is 1.91 bits per heavy atom. The van der Waals surface area contributed by atoms with E-state index >= 15 is 0 Å². The Hall–Kier alpha value is -1.88. The third-order valence-electron chi connectivity index (χ3n) is 4.85. The van der Waals surface area contributed by atoms with Gasteiger partial charge in [0, 0.05) is 31.1 Å². The maximum absolute atomic E-state index is 12.3. The van der Waals surface area contributed by atoms with Gasteiger partial charge in [-0.1, -0.05) is 6.92 Å². The van der Waals surface area contributed by atoms with E-state index in [1.807, 2.05) is 11.8 Å². The molecule has 0 aromatic heterocycles. The molecule has 2 atom stereocenters. The van der Waals surface area contributed by atoms with E-state index in [9.17, 15) is 9.59 Å². The van der Waals surface area contributed by atoms with Crippen molar-refractivity contribution in [1.82, 2.24) is 4.90 Å². The van der Waals surface area contributed by atoms with Gasteiger partial charge in [-0.05, 0) is 48.9 Å². The van der Waals surface area contributed by atoms with Crippen molar-refractivity contribution >= 4 is 11.7 Å². The van der Waals surface area contributed by atoms with Gasteiger partial charge in [-0.2, -0.15) is 0 Å². The SMILES string of the molecule is CCC(=O)c1ccc(OCC(=O)N2C[C@H](C3CC3)[C@@H](N)C2)cc1. The predicted molar refractivity (Wildman–Crippen MR) is 87.3 cm³/mol. The summed E-state index contributed by atoms with van der Waals surface area (Å²) in [6, 6.07) is 7.05. The molecule has 3 rings (SSSR count). The Bertz CT molecular complexity index is 580. The van der Waals surface area contributed by atoms with Crippen molar-refractivity contribution in [3.63, 3.8) is 0 Å². The standard InChI is InChI=1S/C18H24N2O3/c1-2-17(21)13-5-7-14(8-6-13)23-11-18(22)20-9-15(12-3-4-12)16(19)10-20/h5-8,12,15-16H,2-4,9-11,19H2,1H3/t15-,16+/m1/s1. The van der Waals surface area contributed by atoms with Gasteiger partial charge in [0.25, 0.3) is 5.91 Å². The zero-order chi connectivity index (χ0) is 16.4. The van der Waals surface area contributed by atoms with Crippen LogP contribution < -0.4 is 10.5 Å². The summed E-state index contributed by atoms with van der Waals surface area (Å²) >= 11 is 0. The molecular weight excluding hydrogens is 292 g/mol. The quantitative estimate of drug-likeness (QED) is 0.813. The third-order valence-corrected chi connectivity index (χ3v) is 4.85. The number of likely N-dealkylation sites (tertiary alicyclic amines) is 1. The lowest BCUT2D eigenvalue weighted by Gasteiger charge is -2.16. The number of amides is 1. The van der Waals surface area contributed by atoms with E-state index in [-0.39, 0.29) is 24.3 Å². The average Bonchev–Trinajstić information content (AvgIpc) is 3.34. The number of rotatable bonds is 6. The molecule has 0 bridgehead atoms. The van der Waals surface area contributed by atoms with Crippen molar-refractivity contribution in [2.75, 3.05) is 19.7 Å².